The average Bonchev–Trinajstić information content (AvgIpc) is 2.83. The maximum Gasteiger partial charge on any atom is 0.269 e. The molecule has 1 amide bonds. The fourth-order valence-corrected chi connectivity index (χ4v) is 2.33. The normalized spacial score (nSPS) is 23.3. The molecule has 1 aliphatic rings. The lowest BCUT2D eigenvalue weighted by Gasteiger charge is -2.26. The molecule has 0 bridgehead atoms. The number of rotatable bonds is 5. The molecule has 0 radical (unpaired) electrons. The largest absolute Gasteiger partial charge is 0.376 e. The van der Waals surface area contributed by atoms with Gasteiger partial charge in [-0.15, -0.1) is 0 Å². The number of ether oxygens (including phenoxy) is 1. The molecule has 2 rings (SSSR count). The summed E-state index contributed by atoms with van der Waals surface area (Å²) < 4.78 is 7.29. The Morgan fingerprint density at radius 2 is 2.26 bits per heavy atom. The molecule has 1 aromatic heterocycles. The van der Waals surface area contributed by atoms with Gasteiger partial charge in [-0.2, -0.15) is 5.10 Å². The number of amides is 1. The molecule has 6 nitrogen and oxygen atoms in total. The van der Waals surface area contributed by atoms with Crippen molar-refractivity contribution >= 4 is 5.91 Å². The van der Waals surface area contributed by atoms with Crippen LogP contribution in [0.2, 0.25) is 0 Å². The van der Waals surface area contributed by atoms with Gasteiger partial charge in [0.05, 0.1) is 12.7 Å². The van der Waals surface area contributed by atoms with Crippen molar-refractivity contribution in [2.24, 2.45) is 12.8 Å². The van der Waals surface area contributed by atoms with E-state index in [0.717, 1.165) is 25.7 Å². The second kappa shape index (κ2) is 6.68. The first kappa shape index (κ1) is 14.0. The predicted molar refractivity (Wildman–Crippen MR) is 71.7 cm³/mol. The lowest BCUT2D eigenvalue weighted by atomic mass is 9.94. The molecule has 3 N–H and O–H groups in total. The molecular weight excluding hydrogens is 244 g/mol. The lowest BCUT2D eigenvalue weighted by molar-refractivity contribution is 0.0267. The van der Waals surface area contributed by atoms with Crippen molar-refractivity contribution in [3.63, 3.8) is 0 Å². The van der Waals surface area contributed by atoms with Crippen LogP contribution in [-0.4, -0.2) is 41.0 Å². The minimum Gasteiger partial charge on any atom is -0.376 e. The molecule has 0 unspecified atom stereocenters. The zero-order chi connectivity index (χ0) is 13.7. The Kier molecular flexibility index (Phi) is 4.93. The molecule has 106 valence electrons. The summed E-state index contributed by atoms with van der Waals surface area (Å²) in [5.74, 6) is -0.116. The standard InChI is InChI=1S/C13H22N4O2/c1-17-12(6-7-16-17)13(18)15-8-9-19-11-4-2-10(14)3-5-11/h6-7,10-11H,2-5,8-9,14H2,1H3,(H,15,18). The highest BCUT2D eigenvalue weighted by Crippen LogP contribution is 2.19. The first-order valence-corrected chi connectivity index (χ1v) is 6.80. The van der Waals surface area contributed by atoms with Gasteiger partial charge in [-0.3, -0.25) is 9.48 Å². The van der Waals surface area contributed by atoms with Crippen LogP contribution >= 0.6 is 0 Å². The number of aromatic nitrogens is 2. The molecule has 1 saturated carbocycles. The third kappa shape index (κ3) is 4.04. The van der Waals surface area contributed by atoms with Crippen LogP contribution in [0.15, 0.2) is 12.3 Å². The van der Waals surface area contributed by atoms with Crippen molar-refractivity contribution in [1.29, 1.82) is 0 Å². The Hall–Kier alpha value is -1.40. The molecule has 1 heterocycles. The Morgan fingerprint density at radius 1 is 1.53 bits per heavy atom. The van der Waals surface area contributed by atoms with Crippen LogP contribution in [0.5, 0.6) is 0 Å². The molecule has 0 spiro atoms. The van der Waals surface area contributed by atoms with E-state index in [9.17, 15) is 4.79 Å². The van der Waals surface area contributed by atoms with Crippen molar-refractivity contribution in [3.05, 3.63) is 18.0 Å². The van der Waals surface area contributed by atoms with Gasteiger partial charge >= 0.3 is 0 Å². The molecule has 0 atom stereocenters. The highest BCUT2D eigenvalue weighted by molar-refractivity contribution is 5.92. The molecule has 0 aromatic carbocycles. The zero-order valence-electron chi connectivity index (χ0n) is 11.3. The number of carbonyl (C=O) groups excluding carboxylic acids is 1. The van der Waals surface area contributed by atoms with Gasteiger partial charge in [-0.1, -0.05) is 0 Å². The lowest BCUT2D eigenvalue weighted by Crippen LogP contribution is -2.33. The first-order valence-electron chi connectivity index (χ1n) is 6.80. The quantitative estimate of drug-likeness (QED) is 0.757. The molecule has 6 heteroatoms. The van der Waals surface area contributed by atoms with Gasteiger partial charge in [-0.25, -0.2) is 0 Å². The topological polar surface area (TPSA) is 82.2 Å². The van der Waals surface area contributed by atoms with Crippen molar-refractivity contribution < 1.29 is 9.53 Å². The smallest absolute Gasteiger partial charge is 0.269 e. The number of nitrogens with one attached hydrogen (secondary N) is 1. The van der Waals surface area contributed by atoms with Gasteiger partial charge in [0.2, 0.25) is 0 Å². The van der Waals surface area contributed by atoms with Crippen molar-refractivity contribution in [2.45, 2.75) is 37.8 Å². The predicted octanol–water partition coefficient (Wildman–Crippen LogP) is 0.436. The third-order valence-corrected chi connectivity index (χ3v) is 3.51. The van der Waals surface area contributed by atoms with Gasteiger partial charge in [0.25, 0.3) is 5.91 Å². The number of carbonyl (C=O) groups is 1. The number of nitrogens with zero attached hydrogens (tertiary/aromatic N) is 2. The summed E-state index contributed by atoms with van der Waals surface area (Å²) >= 11 is 0. The zero-order valence-corrected chi connectivity index (χ0v) is 11.3. The molecule has 1 aliphatic carbocycles. The number of hydrogen-bond donors (Lipinski definition) is 2. The second-order valence-electron chi connectivity index (χ2n) is 5.00. The Labute approximate surface area is 113 Å². The summed E-state index contributed by atoms with van der Waals surface area (Å²) in [7, 11) is 1.75. The van der Waals surface area contributed by atoms with E-state index in [2.05, 4.69) is 10.4 Å². The Morgan fingerprint density at radius 3 is 2.89 bits per heavy atom. The van der Waals surface area contributed by atoms with Crippen LogP contribution in [0.1, 0.15) is 36.2 Å². The van der Waals surface area contributed by atoms with Gasteiger partial charge in [-0.05, 0) is 31.7 Å². The fraction of sp³-hybridized carbons (Fsp3) is 0.692. The minimum atomic E-state index is -0.116. The van der Waals surface area contributed by atoms with Crippen LogP contribution < -0.4 is 11.1 Å². The second-order valence-corrected chi connectivity index (χ2v) is 5.00. The van der Waals surface area contributed by atoms with E-state index in [0.29, 0.717) is 31.0 Å². The number of aryl methyl sites for hydroxylation is 1. The van der Waals surface area contributed by atoms with E-state index in [1.54, 1.807) is 24.0 Å². The third-order valence-electron chi connectivity index (χ3n) is 3.51. The Bertz CT molecular complexity index is 411. The maximum absolute atomic E-state index is 11.8. The fourth-order valence-electron chi connectivity index (χ4n) is 2.33. The summed E-state index contributed by atoms with van der Waals surface area (Å²) in [5.41, 5.74) is 6.40. The SMILES string of the molecule is Cn1nccc1C(=O)NCCOC1CCC(N)CC1. The molecule has 1 fully saturated rings. The number of nitrogens with two attached hydrogens (primary N) is 1. The first-order chi connectivity index (χ1) is 9.16. The highest BCUT2D eigenvalue weighted by Gasteiger charge is 2.18. The Balaban J connectivity index is 1.62. The van der Waals surface area contributed by atoms with E-state index in [-0.39, 0.29) is 5.91 Å². The summed E-state index contributed by atoms with van der Waals surface area (Å²) in [5, 5.41) is 6.78. The van der Waals surface area contributed by atoms with E-state index >= 15 is 0 Å². The van der Waals surface area contributed by atoms with Crippen LogP contribution in [0.3, 0.4) is 0 Å². The summed E-state index contributed by atoms with van der Waals surface area (Å²) in [6.45, 7) is 1.07. The van der Waals surface area contributed by atoms with Gasteiger partial charge in [0, 0.05) is 25.8 Å². The van der Waals surface area contributed by atoms with Crippen molar-refractivity contribution in [3.8, 4) is 0 Å². The van der Waals surface area contributed by atoms with Gasteiger partial charge in [0.15, 0.2) is 0 Å². The summed E-state index contributed by atoms with van der Waals surface area (Å²) in [4.78, 5) is 11.8. The van der Waals surface area contributed by atoms with E-state index in [4.69, 9.17) is 10.5 Å². The summed E-state index contributed by atoms with van der Waals surface area (Å²) in [6.07, 6.45) is 6.02. The summed E-state index contributed by atoms with van der Waals surface area (Å²) in [6, 6.07) is 2.03. The van der Waals surface area contributed by atoms with Gasteiger partial charge in [0.1, 0.15) is 5.69 Å². The monoisotopic (exact) mass is 266 g/mol. The van der Waals surface area contributed by atoms with Crippen molar-refractivity contribution in [2.75, 3.05) is 13.2 Å². The molecule has 19 heavy (non-hydrogen) atoms. The molecular formula is C13H22N4O2. The molecule has 1 aromatic rings. The van der Waals surface area contributed by atoms with Crippen molar-refractivity contribution in [1.82, 2.24) is 15.1 Å². The number of hydrogen-bond acceptors (Lipinski definition) is 4. The maximum atomic E-state index is 11.8. The van der Waals surface area contributed by atoms with Crippen LogP contribution in [0, 0.1) is 0 Å². The minimum absolute atomic E-state index is 0.116. The van der Waals surface area contributed by atoms with E-state index in [1.165, 1.54) is 0 Å². The van der Waals surface area contributed by atoms with Crippen LogP contribution in [0.4, 0.5) is 0 Å². The van der Waals surface area contributed by atoms with Crippen LogP contribution in [-0.2, 0) is 11.8 Å². The average molecular weight is 266 g/mol. The van der Waals surface area contributed by atoms with Crippen LogP contribution in [0.25, 0.3) is 0 Å². The van der Waals surface area contributed by atoms with E-state index in [1.807, 2.05) is 0 Å². The molecule has 0 aliphatic heterocycles. The highest BCUT2D eigenvalue weighted by atomic mass is 16.5. The van der Waals surface area contributed by atoms with Gasteiger partial charge < -0.3 is 15.8 Å². The molecule has 0 saturated heterocycles. The van der Waals surface area contributed by atoms with E-state index < -0.39 is 0 Å².